The van der Waals surface area contributed by atoms with E-state index in [2.05, 4.69) is 20.2 Å². The number of furan rings is 1. The SMILES string of the molecule is COc1cccc2cc(C(=O)NCCOc3cc(N4CCCCC4)nc(C)n3)oc12. The van der Waals surface area contributed by atoms with Gasteiger partial charge < -0.3 is 24.1 Å². The Kier molecular flexibility index (Phi) is 6.02. The van der Waals surface area contributed by atoms with Crippen LogP contribution in [0.3, 0.4) is 0 Å². The number of amides is 1. The Hall–Kier alpha value is -3.29. The Morgan fingerprint density at radius 3 is 2.83 bits per heavy atom. The molecule has 158 valence electrons. The summed E-state index contributed by atoms with van der Waals surface area (Å²) in [7, 11) is 1.57. The maximum Gasteiger partial charge on any atom is 0.287 e. The lowest BCUT2D eigenvalue weighted by Crippen LogP contribution is -2.30. The number of aromatic nitrogens is 2. The number of para-hydroxylation sites is 1. The first-order valence-corrected chi connectivity index (χ1v) is 10.2. The van der Waals surface area contributed by atoms with Crippen molar-refractivity contribution in [1.82, 2.24) is 15.3 Å². The Balaban J connectivity index is 1.33. The van der Waals surface area contributed by atoms with Gasteiger partial charge in [-0.3, -0.25) is 4.79 Å². The van der Waals surface area contributed by atoms with Gasteiger partial charge in [0.25, 0.3) is 5.91 Å². The standard InChI is InChI=1S/C22H26N4O4/c1-15-24-19(26-10-4-3-5-11-26)14-20(25-15)29-12-9-23-22(27)18-13-16-7-6-8-17(28-2)21(16)30-18/h6-8,13-14H,3-5,9-12H2,1-2H3,(H,23,27). The number of anilines is 1. The van der Waals surface area contributed by atoms with E-state index in [4.69, 9.17) is 13.9 Å². The minimum atomic E-state index is -0.301. The molecule has 0 radical (unpaired) electrons. The maximum absolute atomic E-state index is 12.4. The second kappa shape index (κ2) is 9.02. The van der Waals surface area contributed by atoms with Crippen molar-refractivity contribution in [3.63, 3.8) is 0 Å². The van der Waals surface area contributed by atoms with Gasteiger partial charge in [-0.25, -0.2) is 4.98 Å². The maximum atomic E-state index is 12.4. The molecule has 1 aliphatic rings. The van der Waals surface area contributed by atoms with E-state index in [1.54, 1.807) is 19.2 Å². The molecule has 1 amide bonds. The van der Waals surface area contributed by atoms with Crippen molar-refractivity contribution in [2.24, 2.45) is 0 Å². The highest BCUT2D eigenvalue weighted by Crippen LogP contribution is 2.28. The highest BCUT2D eigenvalue weighted by molar-refractivity contribution is 5.97. The third kappa shape index (κ3) is 4.48. The largest absolute Gasteiger partial charge is 0.493 e. The number of carbonyl (C=O) groups is 1. The number of benzene rings is 1. The summed E-state index contributed by atoms with van der Waals surface area (Å²) in [6.07, 6.45) is 3.62. The smallest absolute Gasteiger partial charge is 0.287 e. The van der Waals surface area contributed by atoms with Crippen molar-refractivity contribution in [3.8, 4) is 11.6 Å². The average molecular weight is 410 g/mol. The van der Waals surface area contributed by atoms with Crippen LogP contribution in [0.5, 0.6) is 11.6 Å². The average Bonchev–Trinajstić information content (AvgIpc) is 3.21. The molecule has 4 rings (SSSR count). The summed E-state index contributed by atoms with van der Waals surface area (Å²) < 4.78 is 16.7. The molecule has 1 N–H and O–H groups in total. The van der Waals surface area contributed by atoms with Crippen molar-refractivity contribution in [1.29, 1.82) is 0 Å². The van der Waals surface area contributed by atoms with Gasteiger partial charge in [-0.2, -0.15) is 4.98 Å². The molecule has 30 heavy (non-hydrogen) atoms. The highest BCUT2D eigenvalue weighted by atomic mass is 16.5. The van der Waals surface area contributed by atoms with Gasteiger partial charge in [0.1, 0.15) is 18.2 Å². The minimum absolute atomic E-state index is 0.236. The molecule has 0 unspecified atom stereocenters. The molecule has 1 aromatic carbocycles. The second-order valence-corrected chi connectivity index (χ2v) is 7.25. The van der Waals surface area contributed by atoms with Crippen LogP contribution in [0.15, 0.2) is 34.7 Å². The first-order chi connectivity index (χ1) is 14.6. The van der Waals surface area contributed by atoms with Crippen LogP contribution in [0, 0.1) is 6.92 Å². The van der Waals surface area contributed by atoms with Gasteiger partial charge in [0.15, 0.2) is 17.1 Å². The third-order valence-electron chi connectivity index (χ3n) is 5.07. The molecule has 1 saturated heterocycles. The summed E-state index contributed by atoms with van der Waals surface area (Å²) in [4.78, 5) is 23.6. The van der Waals surface area contributed by atoms with Gasteiger partial charge >= 0.3 is 0 Å². The van der Waals surface area contributed by atoms with Crippen molar-refractivity contribution in [3.05, 3.63) is 41.9 Å². The fourth-order valence-electron chi connectivity index (χ4n) is 3.60. The molecule has 0 bridgehead atoms. The summed E-state index contributed by atoms with van der Waals surface area (Å²) >= 11 is 0. The Morgan fingerprint density at radius 1 is 1.20 bits per heavy atom. The molecule has 8 heteroatoms. The molecular weight excluding hydrogens is 384 g/mol. The van der Waals surface area contributed by atoms with Crippen molar-refractivity contribution < 1.29 is 18.7 Å². The number of piperidine rings is 1. The number of hydrogen-bond acceptors (Lipinski definition) is 7. The first-order valence-electron chi connectivity index (χ1n) is 10.2. The molecule has 1 aliphatic heterocycles. The molecule has 0 saturated carbocycles. The lowest BCUT2D eigenvalue weighted by molar-refractivity contribution is 0.0921. The Bertz CT molecular complexity index is 1030. The fourth-order valence-corrected chi connectivity index (χ4v) is 3.60. The highest BCUT2D eigenvalue weighted by Gasteiger charge is 2.16. The molecule has 3 aromatic rings. The monoisotopic (exact) mass is 410 g/mol. The number of carbonyl (C=O) groups excluding carboxylic acids is 1. The van der Waals surface area contributed by atoms with Crippen LogP contribution in [-0.2, 0) is 0 Å². The summed E-state index contributed by atoms with van der Waals surface area (Å²) in [6, 6.07) is 9.09. The van der Waals surface area contributed by atoms with Gasteiger partial charge in [0.05, 0.1) is 13.7 Å². The van der Waals surface area contributed by atoms with E-state index in [-0.39, 0.29) is 11.7 Å². The number of ether oxygens (including phenoxy) is 2. The number of methoxy groups -OCH3 is 1. The predicted molar refractivity (Wildman–Crippen MR) is 113 cm³/mol. The molecule has 0 atom stereocenters. The quantitative estimate of drug-likeness (QED) is 0.598. The van der Waals surface area contributed by atoms with Gasteiger partial charge in [-0.05, 0) is 38.3 Å². The van der Waals surface area contributed by atoms with E-state index in [0.717, 1.165) is 24.3 Å². The van der Waals surface area contributed by atoms with Crippen molar-refractivity contribution in [2.75, 3.05) is 38.3 Å². The van der Waals surface area contributed by atoms with Gasteiger partial charge in [-0.1, -0.05) is 12.1 Å². The van der Waals surface area contributed by atoms with Crippen LogP contribution in [0.2, 0.25) is 0 Å². The zero-order valence-corrected chi connectivity index (χ0v) is 17.3. The molecular formula is C22H26N4O4. The first kappa shape index (κ1) is 20.0. The van der Waals surface area contributed by atoms with Gasteiger partial charge in [0.2, 0.25) is 5.88 Å². The van der Waals surface area contributed by atoms with Crippen LogP contribution < -0.4 is 19.7 Å². The van der Waals surface area contributed by atoms with Gasteiger partial charge in [0, 0.05) is 24.5 Å². The Morgan fingerprint density at radius 2 is 2.03 bits per heavy atom. The van der Waals surface area contributed by atoms with E-state index in [9.17, 15) is 4.79 Å². The molecule has 0 spiro atoms. The number of nitrogens with zero attached hydrogens (tertiary/aromatic N) is 3. The van der Waals surface area contributed by atoms with Gasteiger partial charge in [-0.15, -0.1) is 0 Å². The topological polar surface area (TPSA) is 89.7 Å². The van der Waals surface area contributed by atoms with Crippen LogP contribution in [0.25, 0.3) is 11.0 Å². The molecule has 8 nitrogen and oxygen atoms in total. The normalized spacial score (nSPS) is 14.0. The van der Waals surface area contributed by atoms with Crippen LogP contribution in [-0.4, -0.2) is 49.2 Å². The molecule has 0 aliphatic carbocycles. The second-order valence-electron chi connectivity index (χ2n) is 7.25. The van der Waals surface area contributed by atoms with E-state index in [1.165, 1.54) is 19.3 Å². The molecule has 3 heterocycles. The number of nitrogens with one attached hydrogen (secondary N) is 1. The number of fused-ring (bicyclic) bond motifs is 1. The number of rotatable bonds is 7. The van der Waals surface area contributed by atoms with Crippen LogP contribution in [0.4, 0.5) is 5.82 Å². The molecule has 2 aromatic heterocycles. The number of aryl methyl sites for hydroxylation is 1. The summed E-state index contributed by atoms with van der Waals surface area (Å²) in [5.74, 6) is 2.62. The van der Waals surface area contributed by atoms with E-state index in [0.29, 0.717) is 36.2 Å². The zero-order chi connectivity index (χ0) is 20.9. The van der Waals surface area contributed by atoms with Crippen molar-refractivity contribution >= 4 is 22.7 Å². The van der Waals surface area contributed by atoms with E-state index < -0.39 is 0 Å². The summed E-state index contributed by atoms with van der Waals surface area (Å²) in [6.45, 7) is 4.50. The lowest BCUT2D eigenvalue weighted by Gasteiger charge is -2.28. The fraction of sp³-hybridized carbons (Fsp3) is 0.409. The molecule has 1 fully saturated rings. The number of hydrogen-bond donors (Lipinski definition) is 1. The summed E-state index contributed by atoms with van der Waals surface area (Å²) in [5, 5.41) is 3.63. The van der Waals surface area contributed by atoms with Crippen molar-refractivity contribution in [2.45, 2.75) is 26.2 Å². The van der Waals surface area contributed by atoms with Crippen LogP contribution in [0.1, 0.15) is 35.6 Å². The van der Waals surface area contributed by atoms with E-state index in [1.807, 2.05) is 25.1 Å². The van der Waals surface area contributed by atoms with Crippen LogP contribution >= 0.6 is 0 Å². The minimum Gasteiger partial charge on any atom is -0.493 e. The summed E-state index contributed by atoms with van der Waals surface area (Å²) in [5.41, 5.74) is 0.558. The van der Waals surface area contributed by atoms with E-state index >= 15 is 0 Å². The third-order valence-corrected chi connectivity index (χ3v) is 5.07. The lowest BCUT2D eigenvalue weighted by atomic mass is 10.1. The Labute approximate surface area is 175 Å². The zero-order valence-electron chi connectivity index (χ0n) is 17.3. The predicted octanol–water partition coefficient (Wildman–Crippen LogP) is 3.34.